The zero-order valence-electron chi connectivity index (χ0n) is 15.1. The van der Waals surface area contributed by atoms with Crippen LogP contribution in [0.25, 0.3) is 0 Å². The summed E-state index contributed by atoms with van der Waals surface area (Å²) in [5.74, 6) is -0.266. The van der Waals surface area contributed by atoms with Crippen LogP contribution in [0, 0.1) is 0 Å². The van der Waals surface area contributed by atoms with Crippen LogP contribution >= 0.6 is 24.4 Å². The summed E-state index contributed by atoms with van der Waals surface area (Å²) in [4.78, 5) is 25.8. The molecule has 2 aliphatic rings. The van der Waals surface area contributed by atoms with E-state index in [0.717, 1.165) is 9.79 Å². The maximum atomic E-state index is 12.3. The molecule has 0 aromatic heterocycles. The quantitative estimate of drug-likeness (QED) is 0.574. The smallest absolute Gasteiger partial charge is 0.255 e. The molecule has 7 heteroatoms. The number of carbonyl (C=O) groups is 2. The van der Waals surface area contributed by atoms with Gasteiger partial charge in [0.05, 0.1) is 10.9 Å². The van der Waals surface area contributed by atoms with Crippen molar-refractivity contribution in [3.05, 3.63) is 48.0 Å². The molecule has 1 saturated heterocycles. The second-order valence-electron chi connectivity index (χ2n) is 6.42. The van der Waals surface area contributed by atoms with Crippen molar-refractivity contribution in [2.45, 2.75) is 34.8 Å². The highest BCUT2D eigenvalue weighted by Crippen LogP contribution is 2.36. The summed E-state index contributed by atoms with van der Waals surface area (Å²) in [6, 6.07) is 12.6. The molecule has 1 fully saturated rings. The number of fused-ring (bicyclic) bond motifs is 1. The lowest BCUT2D eigenvalue weighted by Crippen LogP contribution is -2.26. The van der Waals surface area contributed by atoms with E-state index in [0.29, 0.717) is 16.9 Å². The van der Waals surface area contributed by atoms with Crippen molar-refractivity contribution in [3.8, 4) is 0 Å². The Hall–Kier alpha value is -1.96. The largest absolute Gasteiger partial charge is 0.324 e. The molecule has 3 N–H and O–H groups in total. The second-order valence-corrected chi connectivity index (χ2v) is 8.32. The molecule has 0 spiro atoms. The van der Waals surface area contributed by atoms with Crippen LogP contribution < -0.4 is 16.0 Å². The van der Waals surface area contributed by atoms with Crippen LogP contribution in [0.5, 0.6) is 0 Å². The first-order chi connectivity index (χ1) is 13.0. The normalized spacial score (nSPS) is 18.0. The van der Waals surface area contributed by atoms with Crippen LogP contribution in [0.4, 0.5) is 11.4 Å². The maximum absolute atomic E-state index is 12.3. The SMILES string of the molecule is C1CCNC1.CC1Sc2ccc(C(=O)Nc3cccc(S)c3)cc2NC1=O. The Balaban J connectivity index is 0.000000364. The van der Waals surface area contributed by atoms with Gasteiger partial charge in [-0.2, -0.15) is 0 Å². The number of benzene rings is 2. The van der Waals surface area contributed by atoms with Gasteiger partial charge in [0.2, 0.25) is 5.91 Å². The average molecular weight is 402 g/mol. The Labute approximate surface area is 169 Å². The molecule has 2 aromatic carbocycles. The zero-order valence-corrected chi connectivity index (χ0v) is 16.8. The Bertz CT molecular complexity index is 830. The Morgan fingerprint density at radius 2 is 1.96 bits per heavy atom. The summed E-state index contributed by atoms with van der Waals surface area (Å²) in [7, 11) is 0. The summed E-state index contributed by atoms with van der Waals surface area (Å²) in [5, 5.41) is 8.75. The van der Waals surface area contributed by atoms with Gasteiger partial charge < -0.3 is 16.0 Å². The number of amides is 2. The van der Waals surface area contributed by atoms with E-state index in [4.69, 9.17) is 0 Å². The lowest BCUT2D eigenvalue weighted by molar-refractivity contribution is -0.115. The fraction of sp³-hybridized carbons (Fsp3) is 0.300. The van der Waals surface area contributed by atoms with Gasteiger partial charge in [0.25, 0.3) is 5.91 Å². The molecule has 0 aliphatic carbocycles. The Morgan fingerprint density at radius 3 is 2.63 bits per heavy atom. The molecule has 0 saturated carbocycles. The number of carbonyl (C=O) groups excluding carboxylic acids is 2. The van der Waals surface area contributed by atoms with Gasteiger partial charge in [-0.1, -0.05) is 6.07 Å². The van der Waals surface area contributed by atoms with Crippen LogP contribution in [0.2, 0.25) is 0 Å². The third-order valence-corrected chi connectivity index (χ3v) is 5.69. The van der Waals surface area contributed by atoms with Gasteiger partial charge in [-0.25, -0.2) is 0 Å². The topological polar surface area (TPSA) is 70.2 Å². The van der Waals surface area contributed by atoms with Crippen LogP contribution in [0.3, 0.4) is 0 Å². The van der Waals surface area contributed by atoms with Crippen molar-refractivity contribution in [2.24, 2.45) is 0 Å². The molecule has 0 bridgehead atoms. The van der Waals surface area contributed by atoms with E-state index in [2.05, 4.69) is 28.6 Å². The molecule has 4 rings (SSSR count). The standard InChI is InChI=1S/C16H14N2O2S2.C4H9N/c1-9-15(19)18-13-7-10(5-6-14(13)22-9)16(20)17-11-3-2-4-12(21)8-11;1-2-4-5-3-1/h2-9,21H,1H3,(H,17,20)(H,18,19);5H,1-4H2. The predicted molar refractivity (Wildman–Crippen MR) is 114 cm³/mol. The first-order valence-corrected chi connectivity index (χ1v) is 10.3. The molecule has 2 heterocycles. The number of thioether (sulfide) groups is 1. The average Bonchev–Trinajstić information content (AvgIpc) is 3.22. The molecule has 2 amide bonds. The molecule has 0 radical (unpaired) electrons. The Morgan fingerprint density at radius 1 is 1.19 bits per heavy atom. The number of rotatable bonds is 2. The van der Waals surface area contributed by atoms with Gasteiger partial charge >= 0.3 is 0 Å². The summed E-state index contributed by atoms with van der Waals surface area (Å²) >= 11 is 5.74. The summed E-state index contributed by atoms with van der Waals surface area (Å²) in [5.41, 5.74) is 1.87. The maximum Gasteiger partial charge on any atom is 0.255 e. The summed E-state index contributed by atoms with van der Waals surface area (Å²) < 4.78 is 0. The lowest BCUT2D eigenvalue weighted by Gasteiger charge is -2.21. The highest BCUT2D eigenvalue weighted by atomic mass is 32.2. The molecule has 1 unspecified atom stereocenters. The van der Waals surface area contributed by atoms with Crippen LogP contribution in [0.1, 0.15) is 30.1 Å². The Kier molecular flexibility index (Phi) is 6.82. The fourth-order valence-electron chi connectivity index (χ4n) is 2.76. The van der Waals surface area contributed by atoms with E-state index in [1.54, 1.807) is 24.3 Å². The van der Waals surface area contributed by atoms with Gasteiger partial charge in [-0.15, -0.1) is 24.4 Å². The van der Waals surface area contributed by atoms with Crippen LogP contribution in [-0.4, -0.2) is 30.2 Å². The first kappa shape index (κ1) is 19.8. The fourth-order valence-corrected chi connectivity index (χ4v) is 3.92. The van der Waals surface area contributed by atoms with E-state index >= 15 is 0 Å². The van der Waals surface area contributed by atoms with Crippen molar-refractivity contribution >= 4 is 47.6 Å². The molecule has 5 nitrogen and oxygen atoms in total. The third-order valence-electron chi connectivity index (χ3n) is 4.23. The molecule has 27 heavy (non-hydrogen) atoms. The minimum absolute atomic E-state index is 0.0437. The van der Waals surface area contributed by atoms with Gasteiger partial charge in [-0.3, -0.25) is 9.59 Å². The number of nitrogens with one attached hydrogen (secondary N) is 3. The first-order valence-electron chi connectivity index (χ1n) is 8.95. The van der Waals surface area contributed by atoms with Crippen molar-refractivity contribution in [3.63, 3.8) is 0 Å². The molecular formula is C20H23N3O2S2. The zero-order chi connectivity index (χ0) is 19.2. The van der Waals surface area contributed by atoms with Crippen LogP contribution in [0.15, 0.2) is 52.3 Å². The predicted octanol–water partition coefficient (Wildman–Crippen LogP) is 4.03. The molecular weight excluding hydrogens is 378 g/mol. The third kappa shape index (κ3) is 5.51. The lowest BCUT2D eigenvalue weighted by atomic mass is 10.1. The van der Waals surface area contributed by atoms with E-state index < -0.39 is 0 Å². The van der Waals surface area contributed by atoms with Gasteiger partial charge in [0.1, 0.15) is 0 Å². The molecule has 142 valence electrons. The number of hydrogen-bond acceptors (Lipinski definition) is 5. The van der Waals surface area contributed by atoms with E-state index in [-0.39, 0.29) is 17.1 Å². The monoisotopic (exact) mass is 401 g/mol. The van der Waals surface area contributed by atoms with E-state index in [1.165, 1.54) is 37.7 Å². The summed E-state index contributed by atoms with van der Waals surface area (Å²) in [6.07, 6.45) is 2.78. The molecule has 2 aliphatic heterocycles. The molecule has 1 atom stereocenters. The van der Waals surface area contributed by atoms with E-state index in [1.807, 2.05) is 25.1 Å². The minimum Gasteiger partial charge on any atom is -0.324 e. The summed E-state index contributed by atoms with van der Waals surface area (Å²) in [6.45, 7) is 4.36. The highest BCUT2D eigenvalue weighted by molar-refractivity contribution is 8.00. The van der Waals surface area contributed by atoms with Crippen molar-refractivity contribution in [2.75, 3.05) is 23.7 Å². The van der Waals surface area contributed by atoms with Crippen molar-refractivity contribution in [1.82, 2.24) is 5.32 Å². The van der Waals surface area contributed by atoms with Crippen LogP contribution in [-0.2, 0) is 4.79 Å². The highest BCUT2D eigenvalue weighted by Gasteiger charge is 2.23. The second kappa shape index (κ2) is 9.30. The van der Waals surface area contributed by atoms with Gasteiger partial charge in [-0.05, 0) is 69.3 Å². The number of hydrogen-bond donors (Lipinski definition) is 4. The van der Waals surface area contributed by atoms with Crippen molar-refractivity contribution in [1.29, 1.82) is 0 Å². The number of thiol groups is 1. The van der Waals surface area contributed by atoms with Gasteiger partial charge in [0, 0.05) is 21.0 Å². The van der Waals surface area contributed by atoms with Crippen molar-refractivity contribution < 1.29 is 9.59 Å². The minimum atomic E-state index is -0.223. The van der Waals surface area contributed by atoms with E-state index in [9.17, 15) is 9.59 Å². The van der Waals surface area contributed by atoms with Gasteiger partial charge in [0.15, 0.2) is 0 Å². The molecule has 2 aromatic rings. The number of anilines is 2.